The Balaban J connectivity index is 2.76. The predicted molar refractivity (Wildman–Crippen MR) is 44.9 cm³/mol. The molecule has 2 aromatic rings. The third-order valence-electron chi connectivity index (χ3n) is 1.77. The second-order valence-corrected chi connectivity index (χ2v) is 2.40. The summed E-state index contributed by atoms with van der Waals surface area (Å²) >= 11 is 0. The Bertz CT molecular complexity index is 364. The first-order valence-electron chi connectivity index (χ1n) is 3.52. The Morgan fingerprint density at radius 1 is 1.27 bits per heavy atom. The lowest BCUT2D eigenvalue weighted by atomic mass is 10.2. The second kappa shape index (κ2) is 2.31. The monoisotopic (exact) mass is 147 g/mol. The summed E-state index contributed by atoms with van der Waals surface area (Å²) in [5.74, 6) is 0.903. The second-order valence-electron chi connectivity index (χ2n) is 2.40. The van der Waals surface area contributed by atoms with Crippen LogP contribution >= 0.6 is 0 Å². The van der Waals surface area contributed by atoms with Crippen molar-refractivity contribution in [3.63, 3.8) is 0 Å². The maximum Gasteiger partial charge on any atom is 0.144 e. The van der Waals surface area contributed by atoms with Crippen LogP contribution in [-0.2, 0) is 0 Å². The number of hydrogen-bond donors (Lipinski definition) is 1. The van der Waals surface area contributed by atoms with Gasteiger partial charge in [0.2, 0.25) is 0 Å². The normalized spacial score (nSPS) is 10.3. The van der Waals surface area contributed by atoms with Crippen LogP contribution in [0.1, 0.15) is 0 Å². The van der Waals surface area contributed by atoms with Gasteiger partial charge in [0, 0.05) is 17.1 Å². The number of fused-ring (bicyclic) bond motifs is 1. The average Bonchev–Trinajstić information content (AvgIpc) is 2.47. The lowest BCUT2D eigenvalue weighted by Crippen LogP contribution is -1.77. The molecule has 2 heteroatoms. The van der Waals surface area contributed by atoms with Crippen LogP contribution in [0.15, 0.2) is 30.5 Å². The maximum atomic E-state index is 5.14. The van der Waals surface area contributed by atoms with Crippen molar-refractivity contribution >= 4 is 10.9 Å². The number of benzene rings is 1. The number of aromatic amines is 1. The van der Waals surface area contributed by atoms with E-state index in [0.29, 0.717) is 0 Å². The topological polar surface area (TPSA) is 25.0 Å². The van der Waals surface area contributed by atoms with Gasteiger partial charge in [0.15, 0.2) is 0 Å². The van der Waals surface area contributed by atoms with Crippen LogP contribution in [0.25, 0.3) is 10.9 Å². The standard InChI is InChI=1S/C9H9NO/c1-11-9-6-10-8-5-3-2-4-7(8)9/h2-6,10H,1H3. The fourth-order valence-corrected chi connectivity index (χ4v) is 1.21. The van der Waals surface area contributed by atoms with Crippen molar-refractivity contribution in [1.82, 2.24) is 4.98 Å². The summed E-state index contributed by atoms with van der Waals surface area (Å²) in [5, 5.41) is 1.13. The van der Waals surface area contributed by atoms with Gasteiger partial charge in [-0.05, 0) is 12.1 Å². The van der Waals surface area contributed by atoms with Crippen LogP contribution in [-0.4, -0.2) is 12.1 Å². The molecule has 56 valence electrons. The molecule has 0 radical (unpaired) electrons. The minimum Gasteiger partial charge on any atom is -0.495 e. The van der Waals surface area contributed by atoms with E-state index >= 15 is 0 Å². The molecule has 0 spiro atoms. The van der Waals surface area contributed by atoms with Crippen molar-refractivity contribution in [2.24, 2.45) is 0 Å². The lowest BCUT2D eigenvalue weighted by Gasteiger charge is -1.93. The highest BCUT2D eigenvalue weighted by molar-refractivity contribution is 5.85. The zero-order valence-corrected chi connectivity index (χ0v) is 6.29. The van der Waals surface area contributed by atoms with E-state index in [4.69, 9.17) is 4.74 Å². The molecule has 0 unspecified atom stereocenters. The smallest absolute Gasteiger partial charge is 0.144 e. The van der Waals surface area contributed by atoms with Gasteiger partial charge in [0.25, 0.3) is 0 Å². The molecule has 0 aliphatic rings. The Hall–Kier alpha value is -1.44. The van der Waals surface area contributed by atoms with E-state index in [1.807, 2.05) is 30.5 Å². The first-order valence-corrected chi connectivity index (χ1v) is 3.52. The molecule has 1 aromatic carbocycles. The molecule has 0 aliphatic carbocycles. The number of methoxy groups -OCH3 is 1. The Morgan fingerprint density at radius 3 is 2.91 bits per heavy atom. The first-order chi connectivity index (χ1) is 5.42. The van der Waals surface area contributed by atoms with Crippen LogP contribution in [0.4, 0.5) is 0 Å². The fraction of sp³-hybridized carbons (Fsp3) is 0.111. The number of aromatic nitrogens is 1. The van der Waals surface area contributed by atoms with E-state index in [1.54, 1.807) is 7.11 Å². The minimum absolute atomic E-state index is 0.903. The number of H-pyrrole nitrogens is 1. The van der Waals surface area contributed by atoms with Crippen LogP contribution in [0, 0.1) is 0 Å². The summed E-state index contributed by atoms with van der Waals surface area (Å²) in [6, 6.07) is 8.06. The Labute approximate surface area is 64.8 Å². The molecule has 11 heavy (non-hydrogen) atoms. The van der Waals surface area contributed by atoms with E-state index in [-0.39, 0.29) is 0 Å². The largest absolute Gasteiger partial charge is 0.495 e. The zero-order chi connectivity index (χ0) is 7.68. The molecular formula is C9H9NO. The van der Waals surface area contributed by atoms with E-state index in [9.17, 15) is 0 Å². The molecule has 0 amide bonds. The van der Waals surface area contributed by atoms with Gasteiger partial charge in [-0.25, -0.2) is 0 Å². The summed E-state index contributed by atoms with van der Waals surface area (Å²) in [5.41, 5.74) is 1.12. The number of rotatable bonds is 1. The third-order valence-corrected chi connectivity index (χ3v) is 1.77. The summed E-state index contributed by atoms with van der Waals surface area (Å²) in [4.78, 5) is 3.11. The maximum absolute atomic E-state index is 5.14. The molecule has 0 saturated heterocycles. The van der Waals surface area contributed by atoms with E-state index in [1.165, 1.54) is 0 Å². The SMILES string of the molecule is COc1c[nH]c2ccccc12. The van der Waals surface area contributed by atoms with Crippen LogP contribution < -0.4 is 4.74 Å². The van der Waals surface area contributed by atoms with Crippen LogP contribution in [0.3, 0.4) is 0 Å². The first kappa shape index (κ1) is 6.28. The highest BCUT2D eigenvalue weighted by Gasteiger charge is 1.99. The number of ether oxygens (including phenoxy) is 1. The number of hydrogen-bond acceptors (Lipinski definition) is 1. The summed E-state index contributed by atoms with van der Waals surface area (Å²) in [6.07, 6.45) is 1.87. The summed E-state index contributed by atoms with van der Waals surface area (Å²) < 4.78 is 5.14. The molecule has 1 aromatic heterocycles. The summed E-state index contributed by atoms with van der Waals surface area (Å²) in [7, 11) is 1.68. The van der Waals surface area contributed by atoms with Crippen molar-refractivity contribution in [3.05, 3.63) is 30.5 Å². The quantitative estimate of drug-likeness (QED) is 0.657. The third kappa shape index (κ3) is 0.871. The van der Waals surface area contributed by atoms with Gasteiger partial charge in [-0.15, -0.1) is 0 Å². The molecule has 0 bridgehead atoms. The molecule has 0 aliphatic heterocycles. The molecule has 2 nitrogen and oxygen atoms in total. The minimum atomic E-state index is 0.903. The highest BCUT2D eigenvalue weighted by Crippen LogP contribution is 2.23. The number of nitrogens with one attached hydrogen (secondary N) is 1. The Morgan fingerprint density at radius 2 is 2.09 bits per heavy atom. The van der Waals surface area contributed by atoms with Crippen LogP contribution in [0.5, 0.6) is 5.75 Å². The molecule has 0 fully saturated rings. The van der Waals surface area contributed by atoms with Gasteiger partial charge in [-0.2, -0.15) is 0 Å². The van der Waals surface area contributed by atoms with Gasteiger partial charge >= 0.3 is 0 Å². The van der Waals surface area contributed by atoms with Gasteiger partial charge < -0.3 is 9.72 Å². The molecular weight excluding hydrogens is 138 g/mol. The van der Waals surface area contributed by atoms with Gasteiger partial charge in [-0.3, -0.25) is 0 Å². The molecule has 1 heterocycles. The van der Waals surface area contributed by atoms with Crippen molar-refractivity contribution in [2.75, 3.05) is 7.11 Å². The predicted octanol–water partition coefficient (Wildman–Crippen LogP) is 2.18. The van der Waals surface area contributed by atoms with Crippen molar-refractivity contribution in [3.8, 4) is 5.75 Å². The highest BCUT2D eigenvalue weighted by atomic mass is 16.5. The molecule has 0 atom stereocenters. The van der Waals surface area contributed by atoms with Gasteiger partial charge in [-0.1, -0.05) is 12.1 Å². The number of para-hydroxylation sites is 1. The van der Waals surface area contributed by atoms with Crippen LogP contribution in [0.2, 0.25) is 0 Å². The zero-order valence-electron chi connectivity index (χ0n) is 6.29. The van der Waals surface area contributed by atoms with Crippen molar-refractivity contribution < 1.29 is 4.74 Å². The Kier molecular flexibility index (Phi) is 1.32. The van der Waals surface area contributed by atoms with E-state index in [2.05, 4.69) is 4.98 Å². The summed E-state index contributed by atoms with van der Waals surface area (Å²) in [6.45, 7) is 0. The van der Waals surface area contributed by atoms with Gasteiger partial charge in [0.05, 0.1) is 7.11 Å². The molecule has 1 N–H and O–H groups in total. The fourth-order valence-electron chi connectivity index (χ4n) is 1.21. The van der Waals surface area contributed by atoms with E-state index in [0.717, 1.165) is 16.7 Å². The molecule has 2 rings (SSSR count). The van der Waals surface area contributed by atoms with Crippen molar-refractivity contribution in [1.29, 1.82) is 0 Å². The van der Waals surface area contributed by atoms with E-state index < -0.39 is 0 Å². The average molecular weight is 147 g/mol. The van der Waals surface area contributed by atoms with Crippen molar-refractivity contribution in [2.45, 2.75) is 0 Å². The lowest BCUT2D eigenvalue weighted by molar-refractivity contribution is 0.419. The molecule has 0 saturated carbocycles. The van der Waals surface area contributed by atoms with Gasteiger partial charge in [0.1, 0.15) is 5.75 Å².